The van der Waals surface area contributed by atoms with Crippen LogP contribution in [0.4, 0.5) is 0 Å². The van der Waals surface area contributed by atoms with Crippen molar-refractivity contribution in [2.75, 3.05) is 0 Å². The summed E-state index contributed by atoms with van der Waals surface area (Å²) >= 11 is 3.29. The summed E-state index contributed by atoms with van der Waals surface area (Å²) in [7, 11) is 0. The molecule has 0 radical (unpaired) electrons. The minimum Gasteiger partial charge on any atom is -0.453 e. The Balaban J connectivity index is 1.91. The van der Waals surface area contributed by atoms with Crippen LogP contribution in [0.3, 0.4) is 0 Å². The van der Waals surface area contributed by atoms with Gasteiger partial charge in [0.2, 0.25) is 0 Å². The van der Waals surface area contributed by atoms with Crippen LogP contribution in [-0.4, -0.2) is 0 Å². The maximum absolute atomic E-state index is 6.07. The molecular weight excluding hydrogens is 242 g/mol. The number of nitrogens with two attached hydrogens (primary N) is 1. The lowest BCUT2D eigenvalue weighted by molar-refractivity contribution is 0.384. The molecule has 2 nitrogen and oxygen atoms in total. The van der Waals surface area contributed by atoms with Gasteiger partial charge in [-0.25, -0.2) is 0 Å². The normalized spacial score (nSPS) is 20.1. The van der Waals surface area contributed by atoms with E-state index in [4.69, 9.17) is 10.2 Å². The number of halogens is 1. The van der Waals surface area contributed by atoms with Crippen LogP contribution in [0, 0.1) is 5.92 Å². The molecule has 1 aromatic heterocycles. The summed E-state index contributed by atoms with van der Waals surface area (Å²) in [6.45, 7) is 0. The van der Waals surface area contributed by atoms with Gasteiger partial charge in [-0.05, 0) is 40.4 Å². The van der Waals surface area contributed by atoms with Crippen LogP contribution in [0.5, 0.6) is 0 Å². The minimum absolute atomic E-state index is 0.0735. The summed E-state index contributed by atoms with van der Waals surface area (Å²) in [5.41, 5.74) is 6.07. The first-order valence-electron chi connectivity index (χ1n) is 5.26. The molecule has 0 spiro atoms. The fraction of sp³-hybridized carbons (Fsp3) is 0.636. The zero-order valence-electron chi connectivity index (χ0n) is 8.21. The van der Waals surface area contributed by atoms with E-state index < -0.39 is 0 Å². The molecule has 14 heavy (non-hydrogen) atoms. The SMILES string of the molecule is NC(CC1CCCC1)c1ccc(Br)o1. The second-order valence-corrected chi connectivity index (χ2v) is 4.92. The van der Waals surface area contributed by atoms with E-state index in [9.17, 15) is 0 Å². The fourth-order valence-corrected chi connectivity index (χ4v) is 2.57. The average Bonchev–Trinajstić information content (AvgIpc) is 2.75. The Kier molecular flexibility index (Phi) is 3.29. The Morgan fingerprint density at radius 1 is 1.43 bits per heavy atom. The first-order valence-corrected chi connectivity index (χ1v) is 6.06. The minimum atomic E-state index is 0.0735. The van der Waals surface area contributed by atoms with Crippen molar-refractivity contribution in [2.45, 2.75) is 38.1 Å². The molecule has 1 aromatic rings. The molecule has 78 valence electrons. The van der Waals surface area contributed by atoms with Crippen molar-refractivity contribution < 1.29 is 4.42 Å². The van der Waals surface area contributed by atoms with Crippen LogP contribution in [0.15, 0.2) is 21.2 Å². The Morgan fingerprint density at radius 3 is 2.71 bits per heavy atom. The van der Waals surface area contributed by atoms with Crippen molar-refractivity contribution in [1.29, 1.82) is 0 Å². The molecule has 0 aliphatic heterocycles. The molecule has 1 unspecified atom stereocenters. The lowest BCUT2D eigenvalue weighted by Crippen LogP contribution is -2.13. The third-order valence-corrected chi connectivity index (χ3v) is 3.45. The highest BCUT2D eigenvalue weighted by Crippen LogP contribution is 2.32. The lowest BCUT2D eigenvalue weighted by Gasteiger charge is -2.13. The van der Waals surface area contributed by atoms with Gasteiger partial charge in [-0.15, -0.1) is 0 Å². The summed E-state index contributed by atoms with van der Waals surface area (Å²) in [6, 6.07) is 3.94. The molecule has 1 aliphatic rings. The van der Waals surface area contributed by atoms with E-state index in [1.807, 2.05) is 12.1 Å². The smallest absolute Gasteiger partial charge is 0.169 e. The van der Waals surface area contributed by atoms with E-state index in [0.29, 0.717) is 0 Å². The maximum Gasteiger partial charge on any atom is 0.169 e. The Bertz CT molecular complexity index is 291. The number of furan rings is 1. The van der Waals surface area contributed by atoms with Crippen molar-refractivity contribution in [2.24, 2.45) is 11.7 Å². The van der Waals surface area contributed by atoms with Crippen molar-refractivity contribution in [3.63, 3.8) is 0 Å². The van der Waals surface area contributed by atoms with Crippen molar-refractivity contribution in [3.05, 3.63) is 22.6 Å². The largest absolute Gasteiger partial charge is 0.453 e. The third-order valence-electron chi connectivity index (χ3n) is 3.02. The van der Waals surface area contributed by atoms with E-state index in [-0.39, 0.29) is 6.04 Å². The third kappa shape index (κ3) is 2.39. The summed E-state index contributed by atoms with van der Waals surface area (Å²) in [6.07, 6.45) is 6.50. The van der Waals surface area contributed by atoms with Crippen LogP contribution in [0.2, 0.25) is 0 Å². The zero-order chi connectivity index (χ0) is 9.97. The van der Waals surface area contributed by atoms with Gasteiger partial charge in [0.15, 0.2) is 4.67 Å². The highest BCUT2D eigenvalue weighted by molar-refractivity contribution is 9.10. The van der Waals surface area contributed by atoms with Crippen molar-refractivity contribution >= 4 is 15.9 Å². The molecule has 0 bridgehead atoms. The van der Waals surface area contributed by atoms with E-state index in [1.165, 1.54) is 25.7 Å². The van der Waals surface area contributed by atoms with Crippen LogP contribution in [-0.2, 0) is 0 Å². The zero-order valence-corrected chi connectivity index (χ0v) is 9.79. The summed E-state index contributed by atoms with van der Waals surface area (Å²) < 4.78 is 6.22. The molecule has 0 saturated heterocycles. The van der Waals surface area contributed by atoms with Crippen molar-refractivity contribution in [3.8, 4) is 0 Å². The van der Waals surface area contributed by atoms with Gasteiger partial charge in [-0.2, -0.15) is 0 Å². The highest BCUT2D eigenvalue weighted by Gasteiger charge is 2.20. The molecule has 1 atom stereocenters. The van der Waals surface area contributed by atoms with Gasteiger partial charge in [-0.1, -0.05) is 25.7 Å². The second-order valence-electron chi connectivity index (χ2n) is 4.13. The van der Waals surface area contributed by atoms with Gasteiger partial charge in [-0.3, -0.25) is 0 Å². The van der Waals surface area contributed by atoms with Gasteiger partial charge in [0.1, 0.15) is 5.76 Å². The Morgan fingerprint density at radius 2 is 2.14 bits per heavy atom. The molecule has 3 heteroatoms. The first-order chi connectivity index (χ1) is 6.75. The van der Waals surface area contributed by atoms with Gasteiger partial charge in [0, 0.05) is 0 Å². The molecule has 2 rings (SSSR count). The molecule has 1 heterocycles. The Labute approximate surface area is 93.0 Å². The van der Waals surface area contributed by atoms with Gasteiger partial charge >= 0.3 is 0 Å². The Hall–Kier alpha value is -0.280. The quantitative estimate of drug-likeness (QED) is 0.899. The monoisotopic (exact) mass is 257 g/mol. The molecule has 1 saturated carbocycles. The van der Waals surface area contributed by atoms with E-state index in [0.717, 1.165) is 22.8 Å². The van der Waals surface area contributed by atoms with Gasteiger partial charge in [0.25, 0.3) is 0 Å². The molecule has 1 fully saturated rings. The van der Waals surface area contributed by atoms with Crippen LogP contribution in [0.1, 0.15) is 43.9 Å². The predicted octanol–water partition coefficient (Wildman–Crippen LogP) is 3.62. The summed E-state index contributed by atoms with van der Waals surface area (Å²) in [4.78, 5) is 0. The van der Waals surface area contributed by atoms with Crippen LogP contribution >= 0.6 is 15.9 Å². The van der Waals surface area contributed by atoms with Crippen molar-refractivity contribution in [1.82, 2.24) is 0 Å². The standard InChI is InChI=1S/C11H16BrNO/c12-11-6-5-10(14-11)9(13)7-8-3-1-2-4-8/h5-6,8-9H,1-4,7,13H2. The number of rotatable bonds is 3. The average molecular weight is 258 g/mol. The van der Waals surface area contributed by atoms with Gasteiger partial charge in [0.05, 0.1) is 6.04 Å². The van der Waals surface area contributed by atoms with E-state index >= 15 is 0 Å². The summed E-state index contributed by atoms with van der Waals surface area (Å²) in [5, 5.41) is 0. The summed E-state index contributed by atoms with van der Waals surface area (Å²) in [5.74, 6) is 1.72. The number of hydrogen-bond donors (Lipinski definition) is 1. The predicted molar refractivity (Wildman–Crippen MR) is 59.9 cm³/mol. The topological polar surface area (TPSA) is 39.2 Å². The van der Waals surface area contributed by atoms with Crippen LogP contribution in [0.25, 0.3) is 0 Å². The van der Waals surface area contributed by atoms with E-state index in [1.54, 1.807) is 0 Å². The molecule has 0 aromatic carbocycles. The fourth-order valence-electron chi connectivity index (χ4n) is 2.25. The number of hydrogen-bond acceptors (Lipinski definition) is 2. The molecule has 2 N–H and O–H groups in total. The van der Waals surface area contributed by atoms with E-state index in [2.05, 4.69) is 15.9 Å². The molecule has 0 amide bonds. The maximum atomic E-state index is 6.07. The second kappa shape index (κ2) is 4.49. The highest BCUT2D eigenvalue weighted by atomic mass is 79.9. The lowest BCUT2D eigenvalue weighted by atomic mass is 9.98. The molecular formula is C11H16BrNO. The van der Waals surface area contributed by atoms with Crippen LogP contribution < -0.4 is 5.73 Å². The first kappa shape index (κ1) is 10.2. The molecule has 1 aliphatic carbocycles. The van der Waals surface area contributed by atoms with Gasteiger partial charge < -0.3 is 10.2 Å².